The number of amides is 3. The van der Waals surface area contributed by atoms with Gasteiger partial charge >= 0.3 is 0 Å². The Morgan fingerprint density at radius 2 is 1.96 bits per heavy atom. The van der Waals surface area contributed by atoms with Crippen LogP contribution in [-0.4, -0.2) is 94.5 Å². The van der Waals surface area contributed by atoms with E-state index in [1.807, 2.05) is 0 Å². The van der Waals surface area contributed by atoms with Gasteiger partial charge in [-0.3, -0.25) is 19.1 Å². The summed E-state index contributed by atoms with van der Waals surface area (Å²) in [6, 6.07) is 3.27. The Labute approximate surface area is 292 Å². The highest BCUT2D eigenvalue weighted by atomic mass is 35.5. The van der Waals surface area contributed by atoms with Crippen LogP contribution in [0.15, 0.2) is 37.1 Å². The number of likely N-dealkylation sites (tertiary alicyclic amines) is 1. The number of halogens is 1. The summed E-state index contributed by atoms with van der Waals surface area (Å²) in [6.45, 7) is 5.56. The van der Waals surface area contributed by atoms with E-state index in [9.17, 15) is 22.8 Å². The average molecular weight is 734 g/mol. The number of carbonyl (C=O) groups is 3. The fraction of sp³-hybridized carbons (Fsp3) is 0.484. The Morgan fingerprint density at radius 3 is 2.61 bits per heavy atom. The second-order valence-corrected chi connectivity index (χ2v) is 15.1. The molecule has 3 heterocycles. The van der Waals surface area contributed by atoms with Crippen molar-refractivity contribution in [3.8, 4) is 17.5 Å². The van der Waals surface area contributed by atoms with Crippen molar-refractivity contribution in [2.75, 3.05) is 26.1 Å². The van der Waals surface area contributed by atoms with Crippen LogP contribution >= 0.6 is 23.3 Å². The molecule has 262 valence electrons. The van der Waals surface area contributed by atoms with Gasteiger partial charge in [-0.1, -0.05) is 24.6 Å². The summed E-state index contributed by atoms with van der Waals surface area (Å²) in [4.78, 5) is 47.5. The second-order valence-electron chi connectivity index (χ2n) is 12.2. The number of anilines is 1. The third-order valence-electron chi connectivity index (χ3n) is 9.04. The summed E-state index contributed by atoms with van der Waals surface area (Å²) in [5.41, 5.74) is -1.53. The number of hydrogen-bond donors (Lipinski definition) is 3. The molecule has 3 aliphatic rings. The number of rotatable bonds is 14. The molecule has 1 unspecified atom stereocenters. The highest BCUT2D eigenvalue weighted by Gasteiger charge is 2.62. The van der Waals surface area contributed by atoms with E-state index in [0.717, 1.165) is 11.7 Å². The second kappa shape index (κ2) is 13.6. The van der Waals surface area contributed by atoms with E-state index >= 15 is 0 Å². The topological polar surface area (TPSA) is 191 Å². The van der Waals surface area contributed by atoms with Gasteiger partial charge in [-0.15, -0.1) is 11.0 Å². The van der Waals surface area contributed by atoms with E-state index in [0.29, 0.717) is 40.8 Å². The molecule has 0 bridgehead atoms. The van der Waals surface area contributed by atoms with Crippen molar-refractivity contribution in [1.29, 1.82) is 0 Å². The minimum atomic E-state index is -3.88. The van der Waals surface area contributed by atoms with Crippen LogP contribution in [0, 0.1) is 5.92 Å². The van der Waals surface area contributed by atoms with E-state index in [1.54, 1.807) is 25.1 Å². The van der Waals surface area contributed by atoms with Gasteiger partial charge in [0.15, 0.2) is 0 Å². The van der Waals surface area contributed by atoms with Crippen LogP contribution in [0.3, 0.4) is 0 Å². The van der Waals surface area contributed by atoms with Crippen LogP contribution < -0.4 is 29.6 Å². The number of hydrogen-bond acceptors (Lipinski definition) is 13. The summed E-state index contributed by atoms with van der Waals surface area (Å²) in [5, 5.41) is 6.96. The molecule has 3 N–H and O–H groups in total. The molecule has 3 amide bonds. The van der Waals surface area contributed by atoms with Crippen molar-refractivity contribution in [3.05, 3.63) is 42.1 Å². The molecule has 15 nitrogen and oxygen atoms in total. The number of ether oxygens (including phenoxy) is 3. The maximum Gasteiger partial charge on any atom is 0.270 e. The van der Waals surface area contributed by atoms with Crippen molar-refractivity contribution in [2.24, 2.45) is 5.92 Å². The van der Waals surface area contributed by atoms with Gasteiger partial charge < -0.3 is 29.7 Å². The Balaban J connectivity index is 1.28. The smallest absolute Gasteiger partial charge is 0.270 e. The van der Waals surface area contributed by atoms with E-state index in [-0.39, 0.29) is 37.0 Å². The van der Waals surface area contributed by atoms with Crippen molar-refractivity contribution >= 4 is 67.7 Å². The molecule has 1 saturated heterocycles. The summed E-state index contributed by atoms with van der Waals surface area (Å²) in [6.07, 6.45) is 3.77. The first-order valence-corrected chi connectivity index (χ1v) is 18.3. The number of fused-ring (bicyclic) bond motifs is 1. The molecule has 18 heteroatoms. The number of nitrogens with zero attached hydrogens (tertiary/aromatic N) is 4. The lowest BCUT2D eigenvalue weighted by Crippen LogP contribution is -2.57. The van der Waals surface area contributed by atoms with Crippen LogP contribution in [0.5, 0.6) is 17.5 Å². The van der Waals surface area contributed by atoms with Gasteiger partial charge in [0.2, 0.25) is 33.5 Å². The van der Waals surface area contributed by atoms with E-state index in [4.69, 9.17) is 25.8 Å². The van der Waals surface area contributed by atoms with Crippen LogP contribution in [0.2, 0.25) is 5.02 Å². The molecule has 1 aliphatic heterocycles. The number of nitrogens with one attached hydrogen (secondary N) is 3. The van der Waals surface area contributed by atoms with Crippen molar-refractivity contribution in [2.45, 2.75) is 68.0 Å². The lowest BCUT2D eigenvalue weighted by Gasteiger charge is -2.29. The molecule has 1 aromatic carbocycles. The van der Waals surface area contributed by atoms with Crippen molar-refractivity contribution < 1.29 is 37.0 Å². The van der Waals surface area contributed by atoms with Gasteiger partial charge in [-0.05, 0) is 43.9 Å². The first kappa shape index (κ1) is 34.6. The summed E-state index contributed by atoms with van der Waals surface area (Å²) < 4.78 is 52.7. The SMILES string of the molecule is C=C[C@@H]1C[C@]1(NC(=O)[C@@H]1C[C@@H](Oc2ncc(OC)c3ccc(Cl)cc23)CN1C(=O)C(CC)Nc1nsnc1OC)C(=O)NS(=O)(=O)C1CC1. The first-order valence-electron chi connectivity index (χ1n) is 15.7. The lowest BCUT2D eigenvalue weighted by molar-refractivity contribution is -0.140. The minimum absolute atomic E-state index is 0.00252. The zero-order chi connectivity index (χ0) is 35.1. The third-order valence-corrected chi connectivity index (χ3v) is 11.6. The average Bonchev–Trinajstić information content (AvgIpc) is 3.98. The zero-order valence-corrected chi connectivity index (χ0v) is 29.4. The van der Waals surface area contributed by atoms with Crippen LogP contribution in [-0.2, 0) is 24.4 Å². The van der Waals surface area contributed by atoms with Gasteiger partial charge in [0, 0.05) is 28.1 Å². The summed E-state index contributed by atoms with van der Waals surface area (Å²) in [7, 11) is -0.917. The Morgan fingerprint density at radius 1 is 1.18 bits per heavy atom. The number of benzene rings is 1. The molecular formula is C31H36ClN7O8S2. The fourth-order valence-electron chi connectivity index (χ4n) is 6.08. The largest absolute Gasteiger partial charge is 0.494 e. The molecule has 0 spiro atoms. The first-order chi connectivity index (χ1) is 23.4. The highest BCUT2D eigenvalue weighted by Crippen LogP contribution is 2.45. The molecule has 5 atom stereocenters. The van der Waals surface area contributed by atoms with Crippen LogP contribution in [0.1, 0.15) is 39.0 Å². The molecule has 2 saturated carbocycles. The number of methoxy groups -OCH3 is 2. The quantitative estimate of drug-likeness (QED) is 0.206. The zero-order valence-electron chi connectivity index (χ0n) is 27.0. The third kappa shape index (κ3) is 6.83. The minimum Gasteiger partial charge on any atom is -0.494 e. The normalized spacial score (nSPS) is 23.8. The van der Waals surface area contributed by atoms with E-state index < -0.39 is 62.6 Å². The van der Waals surface area contributed by atoms with Gasteiger partial charge in [0.1, 0.15) is 29.5 Å². The molecule has 0 radical (unpaired) electrons. The number of carbonyl (C=O) groups excluding carboxylic acids is 3. The molecule has 49 heavy (non-hydrogen) atoms. The number of aromatic nitrogens is 3. The molecule has 3 aromatic rings. The fourth-order valence-corrected chi connectivity index (χ4v) is 8.10. The van der Waals surface area contributed by atoms with Gasteiger partial charge in [0.05, 0.1) is 43.9 Å². The predicted octanol–water partition coefficient (Wildman–Crippen LogP) is 2.67. The van der Waals surface area contributed by atoms with E-state index in [2.05, 4.69) is 35.7 Å². The summed E-state index contributed by atoms with van der Waals surface area (Å²) >= 11 is 7.22. The molecule has 3 fully saturated rings. The predicted molar refractivity (Wildman–Crippen MR) is 181 cm³/mol. The maximum atomic E-state index is 14.2. The standard InChI is InChI=1S/C31H36ClN7O8S2/c1-5-16-13-31(16,30(42)38-49(43,44)19-8-9-19)35-26(40)23-12-18(47-27-21-11-17(32)7-10-20(21)24(45-3)14-33-27)15-39(23)29(41)22(6-2)34-25-28(46-4)37-48-36-25/h5,7,10-11,14,16,18-19,22-23H,1,6,8-9,12-13,15H2,2-4H3,(H,34,36)(H,35,40)(H,38,42)/t16-,18-,22?,23+,31-/m1/s1. The molecule has 2 aromatic heterocycles. The Bertz CT molecular complexity index is 1910. The van der Waals surface area contributed by atoms with E-state index in [1.165, 1.54) is 31.4 Å². The lowest BCUT2D eigenvalue weighted by atomic mass is 10.1. The Hall–Kier alpha value is -4.22. The molecule has 6 rings (SSSR count). The van der Waals surface area contributed by atoms with Gasteiger partial charge in [-0.25, -0.2) is 13.4 Å². The van der Waals surface area contributed by atoms with Crippen molar-refractivity contribution in [1.82, 2.24) is 28.7 Å². The maximum absolute atomic E-state index is 14.2. The summed E-state index contributed by atoms with van der Waals surface area (Å²) in [5.74, 6) is -1.15. The highest BCUT2D eigenvalue weighted by molar-refractivity contribution is 7.91. The number of pyridine rings is 1. The molecular weight excluding hydrogens is 698 g/mol. The van der Waals surface area contributed by atoms with Gasteiger partial charge in [0.25, 0.3) is 11.8 Å². The van der Waals surface area contributed by atoms with Gasteiger partial charge in [-0.2, -0.15) is 4.37 Å². The van der Waals surface area contributed by atoms with Crippen LogP contribution in [0.4, 0.5) is 5.82 Å². The Kier molecular flexibility index (Phi) is 9.61. The van der Waals surface area contributed by atoms with Crippen LogP contribution in [0.25, 0.3) is 10.8 Å². The monoisotopic (exact) mass is 733 g/mol. The molecule has 2 aliphatic carbocycles. The number of sulfonamides is 1. The van der Waals surface area contributed by atoms with Crippen molar-refractivity contribution in [3.63, 3.8) is 0 Å².